The van der Waals surface area contributed by atoms with E-state index in [2.05, 4.69) is 85.9 Å². The van der Waals surface area contributed by atoms with E-state index in [-0.39, 0.29) is 18.9 Å². The summed E-state index contributed by atoms with van der Waals surface area (Å²) in [5.41, 5.74) is 0. The van der Waals surface area contributed by atoms with Crippen LogP contribution in [-0.4, -0.2) is 110 Å². The van der Waals surface area contributed by atoms with Gasteiger partial charge in [-0.05, 0) is 96.3 Å². The van der Waals surface area contributed by atoms with Gasteiger partial charge in [-0.15, -0.1) is 0 Å². The maximum Gasteiger partial charge on any atom is 0.472 e. The molecule has 3 unspecified atom stereocenters. The molecule has 374 valence electrons. The minimum atomic E-state index is -5.17. The fraction of sp³-hybridized carbons (Fsp3) is 0.608. The van der Waals surface area contributed by atoms with E-state index < -0.39 is 75.7 Å². The number of esters is 2. The highest BCUT2D eigenvalue weighted by molar-refractivity contribution is 7.47. The lowest BCUT2D eigenvalue weighted by molar-refractivity contribution is -0.220. The van der Waals surface area contributed by atoms with Crippen molar-refractivity contribution in [2.45, 2.75) is 185 Å². The number of carbonyl (C=O) groups excluding carboxylic acids is 2. The zero-order valence-corrected chi connectivity index (χ0v) is 40.2. The van der Waals surface area contributed by atoms with Crippen LogP contribution in [0.4, 0.5) is 0 Å². The quantitative estimate of drug-likeness (QED) is 0.0134. The Morgan fingerprint density at radius 3 is 1.42 bits per heavy atom. The van der Waals surface area contributed by atoms with E-state index in [9.17, 15) is 49.7 Å². The maximum absolute atomic E-state index is 12.8. The lowest BCUT2D eigenvalue weighted by atomic mass is 9.85. The lowest BCUT2D eigenvalue weighted by Crippen LogP contribution is -2.64. The minimum absolute atomic E-state index is 0.0521. The third kappa shape index (κ3) is 31.4. The Morgan fingerprint density at radius 2 is 0.955 bits per heavy atom. The van der Waals surface area contributed by atoms with Crippen LogP contribution in [0.5, 0.6) is 0 Å². The number of aliphatic hydroxyl groups excluding tert-OH is 6. The molecular weight excluding hydrogens is 868 g/mol. The van der Waals surface area contributed by atoms with E-state index in [1.54, 1.807) is 0 Å². The first kappa shape index (κ1) is 60.5. The van der Waals surface area contributed by atoms with Crippen molar-refractivity contribution in [2.24, 2.45) is 0 Å². The van der Waals surface area contributed by atoms with E-state index in [1.807, 2.05) is 37.3 Å². The van der Waals surface area contributed by atoms with Gasteiger partial charge in [0.15, 0.2) is 6.10 Å². The monoisotopic (exact) mass is 949 g/mol. The van der Waals surface area contributed by atoms with Crippen LogP contribution in [0.25, 0.3) is 0 Å². The number of phosphoric acid groups is 1. The van der Waals surface area contributed by atoms with Gasteiger partial charge in [-0.3, -0.25) is 18.6 Å². The van der Waals surface area contributed by atoms with Crippen molar-refractivity contribution in [3.05, 3.63) is 109 Å². The summed E-state index contributed by atoms with van der Waals surface area (Å²) in [4.78, 5) is 35.7. The molecule has 7 N–H and O–H groups in total. The highest BCUT2D eigenvalue weighted by atomic mass is 31.2. The maximum atomic E-state index is 12.8. The standard InChI is InChI=1S/C51H81O14P/c1-3-5-6-7-8-9-10-11-12-13-14-15-16-21-24-27-30-33-36-39-45(54)64-43(41-63-66(60,61)65-51-49(58)47(56)46(55)48(57)50(51)59)40-62-44(53)38-35-32-29-26-23-20-18-17-19-22-25-28-31-34-37-42(52)4-2/h8-9,11-12,14-15,18-22,24,26,28-31,33,42-43,46-52,55-59H,3-7,10,13,16-17,23,25,27,32,34-41H2,1-2H3,(H,60,61)/b9-8-,12-11-,15-14-,20-18-,22-19-,24-21-,29-26-,31-28-,33-30-/t42-,43+,46?,47-,48+,49+,50+,51?/m0/s1. The third-order valence-corrected chi connectivity index (χ3v) is 11.2. The van der Waals surface area contributed by atoms with Crippen LogP contribution >= 0.6 is 7.82 Å². The predicted molar refractivity (Wildman–Crippen MR) is 259 cm³/mol. The molecule has 0 aromatic heterocycles. The summed E-state index contributed by atoms with van der Waals surface area (Å²) in [5.74, 6) is -1.29. The summed E-state index contributed by atoms with van der Waals surface area (Å²) >= 11 is 0. The number of carbonyl (C=O) groups is 2. The van der Waals surface area contributed by atoms with Gasteiger partial charge in [0.1, 0.15) is 43.2 Å². The van der Waals surface area contributed by atoms with Crippen LogP contribution in [-0.2, 0) is 32.7 Å². The number of hydrogen-bond acceptors (Lipinski definition) is 13. The first-order chi connectivity index (χ1) is 31.8. The summed E-state index contributed by atoms with van der Waals surface area (Å²) in [7, 11) is -5.17. The van der Waals surface area contributed by atoms with E-state index >= 15 is 0 Å². The molecule has 0 aromatic carbocycles. The number of unbranched alkanes of at least 4 members (excludes halogenated alkanes) is 4. The summed E-state index contributed by atoms with van der Waals surface area (Å²) < 4.78 is 33.4. The number of aliphatic hydroxyl groups is 6. The summed E-state index contributed by atoms with van der Waals surface area (Å²) in [5, 5.41) is 59.7. The van der Waals surface area contributed by atoms with Crippen molar-refractivity contribution in [1.82, 2.24) is 0 Å². The van der Waals surface area contributed by atoms with Crippen LogP contribution in [0.15, 0.2) is 109 Å². The molecule has 0 aliphatic heterocycles. The Bertz CT molecular complexity index is 1580. The van der Waals surface area contributed by atoms with Gasteiger partial charge in [-0.1, -0.05) is 136 Å². The Labute approximate surface area is 394 Å². The minimum Gasteiger partial charge on any atom is -0.462 e. The van der Waals surface area contributed by atoms with Crippen LogP contribution < -0.4 is 0 Å². The van der Waals surface area contributed by atoms with Gasteiger partial charge in [0, 0.05) is 12.8 Å². The molecule has 0 saturated heterocycles. The molecule has 0 bridgehead atoms. The Morgan fingerprint density at radius 1 is 0.530 bits per heavy atom. The fourth-order valence-corrected chi connectivity index (χ4v) is 7.21. The van der Waals surface area contributed by atoms with Crippen molar-refractivity contribution >= 4 is 19.8 Å². The smallest absolute Gasteiger partial charge is 0.462 e. The number of hydrogen-bond donors (Lipinski definition) is 7. The third-order valence-electron chi connectivity index (χ3n) is 10.3. The number of allylic oxidation sites excluding steroid dienone is 18. The Balaban J connectivity index is 2.56. The molecular formula is C51H81O14P. The molecule has 1 aliphatic rings. The average Bonchev–Trinajstić information content (AvgIpc) is 3.30. The molecule has 9 atom stereocenters. The van der Waals surface area contributed by atoms with Gasteiger partial charge in [0.05, 0.1) is 12.7 Å². The normalized spacial score (nSPS) is 22.7. The van der Waals surface area contributed by atoms with Crippen LogP contribution in [0.2, 0.25) is 0 Å². The van der Waals surface area contributed by atoms with Gasteiger partial charge >= 0.3 is 19.8 Å². The van der Waals surface area contributed by atoms with Crippen LogP contribution in [0.3, 0.4) is 0 Å². The average molecular weight is 949 g/mol. The van der Waals surface area contributed by atoms with Crippen molar-refractivity contribution in [1.29, 1.82) is 0 Å². The molecule has 0 radical (unpaired) electrons. The SMILES string of the molecule is CCCCC/C=C\C/C=C\C/C=C\C/C=C\C/C=C\CCC(=O)O[C@H](COC(=O)CCC/C=C\C/C=C\C/C=C\C/C=C\CC[C@@H](O)CC)COP(=O)(O)OC1[C@H](O)[C@H](O)C(O)[C@H](O)[C@H]1O. The van der Waals surface area contributed by atoms with E-state index in [4.69, 9.17) is 18.5 Å². The molecule has 0 heterocycles. The highest BCUT2D eigenvalue weighted by Gasteiger charge is 2.51. The van der Waals surface area contributed by atoms with E-state index in [0.29, 0.717) is 25.7 Å². The number of rotatable bonds is 37. The Kier molecular flexibility index (Phi) is 36.2. The molecule has 1 rings (SSSR count). The predicted octanol–water partition coefficient (Wildman–Crippen LogP) is 8.58. The van der Waals surface area contributed by atoms with Gasteiger partial charge in [0.2, 0.25) is 0 Å². The molecule has 0 spiro atoms. The summed E-state index contributed by atoms with van der Waals surface area (Å²) in [6.45, 7) is 2.87. The number of phosphoric ester groups is 1. The Hall–Kier alpha value is -3.53. The summed E-state index contributed by atoms with van der Waals surface area (Å²) in [6, 6.07) is 0. The zero-order chi connectivity index (χ0) is 48.7. The van der Waals surface area contributed by atoms with Crippen molar-refractivity contribution in [2.75, 3.05) is 13.2 Å². The first-order valence-corrected chi connectivity index (χ1v) is 25.3. The molecule has 14 nitrogen and oxygen atoms in total. The molecule has 1 saturated carbocycles. The first-order valence-electron chi connectivity index (χ1n) is 23.8. The molecule has 0 aromatic rings. The molecule has 1 aliphatic carbocycles. The topological polar surface area (TPSA) is 230 Å². The van der Waals surface area contributed by atoms with Gasteiger partial charge in [-0.2, -0.15) is 0 Å². The van der Waals surface area contributed by atoms with Crippen molar-refractivity contribution < 1.29 is 68.2 Å². The molecule has 0 amide bonds. The second kappa shape index (κ2) is 39.5. The second-order valence-electron chi connectivity index (χ2n) is 16.0. The van der Waals surface area contributed by atoms with Crippen LogP contribution in [0.1, 0.15) is 136 Å². The van der Waals surface area contributed by atoms with Gasteiger partial charge < -0.3 is 45.0 Å². The van der Waals surface area contributed by atoms with Gasteiger partial charge in [0.25, 0.3) is 0 Å². The van der Waals surface area contributed by atoms with E-state index in [1.165, 1.54) is 19.3 Å². The van der Waals surface area contributed by atoms with Crippen molar-refractivity contribution in [3.63, 3.8) is 0 Å². The molecule has 1 fully saturated rings. The largest absolute Gasteiger partial charge is 0.472 e. The van der Waals surface area contributed by atoms with E-state index in [0.717, 1.165) is 64.2 Å². The van der Waals surface area contributed by atoms with Crippen LogP contribution in [0, 0.1) is 0 Å². The second-order valence-corrected chi connectivity index (χ2v) is 17.4. The summed E-state index contributed by atoms with van der Waals surface area (Å²) in [6.07, 6.45) is 38.1. The molecule has 66 heavy (non-hydrogen) atoms. The zero-order valence-electron chi connectivity index (χ0n) is 39.3. The lowest BCUT2D eigenvalue weighted by Gasteiger charge is -2.41. The fourth-order valence-electron chi connectivity index (χ4n) is 6.24. The molecule has 15 heteroatoms. The van der Waals surface area contributed by atoms with Crippen molar-refractivity contribution in [3.8, 4) is 0 Å². The highest BCUT2D eigenvalue weighted by Crippen LogP contribution is 2.47. The van der Waals surface area contributed by atoms with Gasteiger partial charge in [-0.25, -0.2) is 4.57 Å². The number of ether oxygens (including phenoxy) is 2.